The molecule has 0 radical (unpaired) electrons. The Kier molecular flexibility index (Phi) is 3.91. The first-order valence-electron chi connectivity index (χ1n) is 6.02. The van der Waals surface area contributed by atoms with Gasteiger partial charge >= 0.3 is 5.69 Å². The fourth-order valence-corrected chi connectivity index (χ4v) is 1.92. The van der Waals surface area contributed by atoms with Crippen molar-refractivity contribution in [2.45, 2.75) is 18.9 Å². The first-order valence-corrected chi connectivity index (χ1v) is 6.02. The average molecular weight is 264 g/mol. The standard InChI is InChI=1S/C11H16N6O2/c12-8-3-6-16(7-4-8)11(13)15-10-9(17(18)19)2-1-5-14-10/h1-2,5,8H,3-4,6-7,12H2,(H2,13,14,15). The minimum Gasteiger partial charge on any atom is -0.369 e. The molecule has 1 fully saturated rings. The van der Waals surface area contributed by atoms with Gasteiger partial charge in [0.15, 0.2) is 5.96 Å². The van der Waals surface area contributed by atoms with E-state index in [9.17, 15) is 10.1 Å². The van der Waals surface area contributed by atoms with Crippen LogP contribution in [0.15, 0.2) is 23.3 Å². The smallest absolute Gasteiger partial charge is 0.313 e. The van der Waals surface area contributed by atoms with E-state index in [4.69, 9.17) is 11.5 Å². The summed E-state index contributed by atoms with van der Waals surface area (Å²) in [7, 11) is 0. The van der Waals surface area contributed by atoms with E-state index in [-0.39, 0.29) is 23.5 Å². The maximum absolute atomic E-state index is 10.8. The highest BCUT2D eigenvalue weighted by atomic mass is 16.6. The number of guanidine groups is 1. The molecule has 1 aromatic rings. The van der Waals surface area contributed by atoms with Crippen molar-refractivity contribution in [1.29, 1.82) is 0 Å². The van der Waals surface area contributed by atoms with Gasteiger partial charge in [-0.25, -0.2) is 4.98 Å². The summed E-state index contributed by atoms with van der Waals surface area (Å²) in [5.41, 5.74) is 11.5. The molecule has 0 bridgehead atoms. The SMILES string of the molecule is N/C(=N\c1ncccc1[N+](=O)[O-])N1CCC(N)CC1. The van der Waals surface area contributed by atoms with E-state index in [0.717, 1.165) is 12.8 Å². The van der Waals surface area contributed by atoms with Gasteiger partial charge in [0, 0.05) is 31.4 Å². The molecule has 0 atom stereocenters. The lowest BCUT2D eigenvalue weighted by atomic mass is 10.1. The fraction of sp³-hybridized carbons (Fsp3) is 0.455. The van der Waals surface area contributed by atoms with Crippen LogP contribution in [0.1, 0.15) is 12.8 Å². The Morgan fingerprint density at radius 2 is 2.21 bits per heavy atom. The van der Waals surface area contributed by atoms with Gasteiger partial charge in [-0.15, -0.1) is 0 Å². The number of hydrogen-bond acceptors (Lipinski definition) is 5. The summed E-state index contributed by atoms with van der Waals surface area (Å²) in [5.74, 6) is 0.272. The molecule has 102 valence electrons. The number of aromatic nitrogens is 1. The van der Waals surface area contributed by atoms with Gasteiger partial charge in [-0.3, -0.25) is 10.1 Å². The van der Waals surface area contributed by atoms with Crippen LogP contribution >= 0.6 is 0 Å². The fourth-order valence-electron chi connectivity index (χ4n) is 1.92. The number of nitrogens with zero attached hydrogens (tertiary/aromatic N) is 4. The van der Waals surface area contributed by atoms with Gasteiger partial charge in [0.05, 0.1) is 4.92 Å². The van der Waals surface area contributed by atoms with Gasteiger partial charge in [-0.1, -0.05) is 0 Å². The van der Waals surface area contributed by atoms with Crippen LogP contribution in [0.4, 0.5) is 11.5 Å². The van der Waals surface area contributed by atoms with E-state index in [1.807, 2.05) is 4.90 Å². The number of nitro groups is 1. The molecule has 8 heteroatoms. The zero-order valence-electron chi connectivity index (χ0n) is 10.4. The highest BCUT2D eigenvalue weighted by Gasteiger charge is 2.19. The van der Waals surface area contributed by atoms with Crippen molar-refractivity contribution in [1.82, 2.24) is 9.88 Å². The molecule has 1 aromatic heterocycles. The first-order chi connectivity index (χ1) is 9.08. The predicted molar refractivity (Wildman–Crippen MR) is 71.0 cm³/mol. The van der Waals surface area contributed by atoms with Crippen molar-refractivity contribution in [2.75, 3.05) is 13.1 Å². The lowest BCUT2D eigenvalue weighted by Crippen LogP contribution is -2.46. The number of aliphatic imine (C=N–C) groups is 1. The molecular formula is C11H16N6O2. The van der Waals surface area contributed by atoms with Gasteiger partial charge in [-0.2, -0.15) is 4.99 Å². The van der Waals surface area contributed by atoms with E-state index >= 15 is 0 Å². The Hall–Kier alpha value is -2.22. The second-order valence-electron chi connectivity index (χ2n) is 4.40. The number of rotatable bonds is 2. The summed E-state index contributed by atoms with van der Waals surface area (Å²) in [4.78, 5) is 20.1. The van der Waals surface area contributed by atoms with Gasteiger partial charge in [0.2, 0.25) is 5.82 Å². The Labute approximate surface area is 110 Å². The van der Waals surface area contributed by atoms with Crippen molar-refractivity contribution in [2.24, 2.45) is 16.5 Å². The van der Waals surface area contributed by atoms with Crippen molar-refractivity contribution >= 4 is 17.5 Å². The minimum atomic E-state index is -0.523. The molecule has 0 spiro atoms. The largest absolute Gasteiger partial charge is 0.369 e. The molecule has 0 aliphatic carbocycles. The average Bonchev–Trinajstić information content (AvgIpc) is 2.39. The second kappa shape index (κ2) is 5.61. The maximum Gasteiger partial charge on any atom is 0.313 e. The van der Waals surface area contributed by atoms with Crippen molar-refractivity contribution < 1.29 is 4.92 Å². The van der Waals surface area contributed by atoms with Crippen LogP contribution in [-0.2, 0) is 0 Å². The Morgan fingerprint density at radius 1 is 1.53 bits per heavy atom. The Morgan fingerprint density at radius 3 is 2.84 bits per heavy atom. The Balaban J connectivity index is 2.19. The molecule has 0 amide bonds. The van der Waals surface area contributed by atoms with Crippen LogP contribution in [0.25, 0.3) is 0 Å². The van der Waals surface area contributed by atoms with E-state index in [1.165, 1.54) is 18.3 Å². The molecule has 4 N–H and O–H groups in total. The van der Waals surface area contributed by atoms with Crippen LogP contribution in [0.3, 0.4) is 0 Å². The summed E-state index contributed by atoms with van der Waals surface area (Å²) >= 11 is 0. The molecule has 0 unspecified atom stereocenters. The Bertz CT molecular complexity index is 496. The minimum absolute atomic E-state index is 0.0277. The van der Waals surface area contributed by atoms with Gasteiger partial charge < -0.3 is 16.4 Å². The number of pyridine rings is 1. The van der Waals surface area contributed by atoms with Crippen molar-refractivity contribution in [3.05, 3.63) is 28.4 Å². The summed E-state index contributed by atoms with van der Waals surface area (Å²) in [6, 6.07) is 3.03. The van der Waals surface area contributed by atoms with Gasteiger partial charge in [0.25, 0.3) is 0 Å². The quantitative estimate of drug-likeness (QED) is 0.344. The van der Waals surface area contributed by atoms with Crippen LogP contribution in [0.5, 0.6) is 0 Å². The van der Waals surface area contributed by atoms with E-state index in [0.29, 0.717) is 13.1 Å². The number of hydrogen-bond donors (Lipinski definition) is 2. The highest BCUT2D eigenvalue weighted by Crippen LogP contribution is 2.23. The van der Waals surface area contributed by atoms with Crippen LogP contribution in [0, 0.1) is 10.1 Å². The molecule has 0 aromatic carbocycles. The second-order valence-corrected chi connectivity index (χ2v) is 4.40. The van der Waals surface area contributed by atoms with Crippen molar-refractivity contribution in [3.63, 3.8) is 0 Å². The van der Waals surface area contributed by atoms with Crippen molar-refractivity contribution in [3.8, 4) is 0 Å². The molecule has 19 heavy (non-hydrogen) atoms. The molecule has 2 rings (SSSR count). The zero-order chi connectivity index (χ0) is 13.8. The van der Waals surface area contributed by atoms with E-state index in [2.05, 4.69) is 9.98 Å². The highest BCUT2D eigenvalue weighted by molar-refractivity contribution is 5.81. The molecule has 8 nitrogen and oxygen atoms in total. The number of piperidine rings is 1. The van der Waals surface area contributed by atoms with Crippen LogP contribution in [0.2, 0.25) is 0 Å². The first kappa shape index (κ1) is 13.2. The summed E-state index contributed by atoms with van der Waals surface area (Å²) in [6.45, 7) is 1.41. The number of likely N-dealkylation sites (tertiary alicyclic amines) is 1. The van der Waals surface area contributed by atoms with E-state index < -0.39 is 4.92 Å². The molecule has 1 aliphatic rings. The molecular weight excluding hydrogens is 248 g/mol. The predicted octanol–water partition coefficient (Wildman–Crippen LogP) is 0.359. The maximum atomic E-state index is 10.8. The van der Waals surface area contributed by atoms with Gasteiger partial charge in [-0.05, 0) is 18.9 Å². The lowest BCUT2D eigenvalue weighted by molar-refractivity contribution is -0.384. The van der Waals surface area contributed by atoms with E-state index in [1.54, 1.807) is 0 Å². The lowest BCUT2D eigenvalue weighted by Gasteiger charge is -2.30. The molecule has 1 saturated heterocycles. The summed E-state index contributed by atoms with van der Waals surface area (Å²) in [5, 5.41) is 10.8. The summed E-state index contributed by atoms with van der Waals surface area (Å²) in [6.07, 6.45) is 3.12. The monoisotopic (exact) mass is 264 g/mol. The van der Waals surface area contributed by atoms with Crippen LogP contribution < -0.4 is 11.5 Å². The van der Waals surface area contributed by atoms with Gasteiger partial charge in [0.1, 0.15) is 0 Å². The zero-order valence-corrected chi connectivity index (χ0v) is 10.4. The third-order valence-electron chi connectivity index (χ3n) is 3.05. The third kappa shape index (κ3) is 3.16. The number of nitrogens with two attached hydrogens (primary N) is 2. The normalized spacial score (nSPS) is 17.5. The van der Waals surface area contributed by atoms with Crippen LogP contribution in [-0.4, -0.2) is 39.9 Å². The third-order valence-corrected chi connectivity index (χ3v) is 3.05. The molecule has 1 aliphatic heterocycles. The summed E-state index contributed by atoms with van der Waals surface area (Å²) < 4.78 is 0. The molecule has 2 heterocycles. The topological polar surface area (TPSA) is 124 Å². The molecule has 0 saturated carbocycles.